The van der Waals surface area contributed by atoms with E-state index in [1.54, 1.807) is 48.5 Å². The molecule has 2 rings (SSSR count). The van der Waals surface area contributed by atoms with E-state index in [-0.39, 0.29) is 42.3 Å². The summed E-state index contributed by atoms with van der Waals surface area (Å²) in [4.78, 5) is 13.9. The fraction of sp³-hybridized carbons (Fsp3) is 0.480. The molecule has 2 aromatic carbocycles. The normalized spacial score (nSPS) is 15.3. The Kier molecular flexibility index (Phi) is 9.34. The molecule has 0 spiro atoms. The van der Waals surface area contributed by atoms with Gasteiger partial charge in [-0.1, -0.05) is 51.0 Å². The van der Waals surface area contributed by atoms with Crippen LogP contribution in [0.25, 0.3) is 0 Å². The van der Waals surface area contributed by atoms with Crippen LogP contribution in [0.3, 0.4) is 0 Å². The van der Waals surface area contributed by atoms with E-state index >= 15 is 0 Å². The Morgan fingerprint density at radius 1 is 0.700 bits per heavy atom. The number of rotatable bonds is 12. The zero-order valence-electron chi connectivity index (χ0n) is 17.9. The van der Waals surface area contributed by atoms with Crippen LogP contribution in [-0.2, 0) is 4.79 Å². The van der Waals surface area contributed by atoms with Crippen molar-refractivity contribution in [2.75, 3.05) is 13.2 Å². The standard InChI is InChI=1S/C25H34O5/c1-3-17(15-26)13-23(19-5-9-21(28)10-6-19)25(30)24(14-18(4-2)16-27)20-7-11-22(29)12-8-20/h5-12,17-18,23-24,26-29H,3-4,13-16H2,1-2H3. The molecule has 0 saturated carbocycles. The van der Waals surface area contributed by atoms with Gasteiger partial charge in [0, 0.05) is 25.0 Å². The number of phenols is 2. The lowest BCUT2D eigenvalue weighted by molar-refractivity contribution is -0.123. The average Bonchev–Trinajstić information content (AvgIpc) is 2.77. The van der Waals surface area contributed by atoms with Gasteiger partial charge in [-0.3, -0.25) is 4.79 Å². The van der Waals surface area contributed by atoms with Gasteiger partial charge in [-0.15, -0.1) is 0 Å². The molecule has 0 aromatic heterocycles. The maximum atomic E-state index is 13.9. The number of phenolic OH excluding ortho intramolecular Hbond substituents is 2. The monoisotopic (exact) mass is 414 g/mol. The Morgan fingerprint density at radius 3 is 1.30 bits per heavy atom. The van der Waals surface area contributed by atoms with E-state index in [0.717, 1.165) is 24.0 Å². The van der Waals surface area contributed by atoms with Crippen molar-refractivity contribution < 1.29 is 25.2 Å². The van der Waals surface area contributed by atoms with Gasteiger partial charge in [-0.2, -0.15) is 0 Å². The van der Waals surface area contributed by atoms with Gasteiger partial charge in [0.05, 0.1) is 0 Å². The molecule has 0 bridgehead atoms. The highest BCUT2D eigenvalue weighted by atomic mass is 16.3. The number of ketones is 1. The third-order valence-electron chi connectivity index (χ3n) is 6.09. The Balaban J connectivity index is 2.45. The Labute approximate surface area is 179 Å². The van der Waals surface area contributed by atoms with E-state index in [9.17, 15) is 25.2 Å². The van der Waals surface area contributed by atoms with Crippen molar-refractivity contribution >= 4 is 5.78 Å². The maximum Gasteiger partial charge on any atom is 0.147 e. The molecule has 0 saturated heterocycles. The van der Waals surface area contributed by atoms with Crippen LogP contribution < -0.4 is 0 Å². The molecule has 5 heteroatoms. The van der Waals surface area contributed by atoms with Crippen molar-refractivity contribution in [1.29, 1.82) is 0 Å². The van der Waals surface area contributed by atoms with Crippen molar-refractivity contribution in [3.8, 4) is 11.5 Å². The highest BCUT2D eigenvalue weighted by Crippen LogP contribution is 2.36. The number of hydrogen-bond donors (Lipinski definition) is 4. The van der Waals surface area contributed by atoms with Gasteiger partial charge in [-0.05, 0) is 60.1 Å². The van der Waals surface area contributed by atoms with Crippen molar-refractivity contribution in [3.63, 3.8) is 0 Å². The van der Waals surface area contributed by atoms with Gasteiger partial charge in [0.25, 0.3) is 0 Å². The quantitative estimate of drug-likeness (QED) is 0.414. The smallest absolute Gasteiger partial charge is 0.147 e. The summed E-state index contributed by atoms with van der Waals surface area (Å²) in [6, 6.07) is 13.4. The largest absolute Gasteiger partial charge is 0.508 e. The summed E-state index contributed by atoms with van der Waals surface area (Å²) in [5, 5.41) is 38.8. The third kappa shape index (κ3) is 6.31. The minimum absolute atomic E-state index is 0.00645. The number of Topliss-reactive ketones (excluding diaryl/α,β-unsaturated/α-hetero) is 1. The molecular weight excluding hydrogens is 380 g/mol. The van der Waals surface area contributed by atoms with Crippen molar-refractivity contribution in [3.05, 3.63) is 59.7 Å². The second kappa shape index (κ2) is 11.7. The van der Waals surface area contributed by atoms with Crippen LogP contribution in [0.4, 0.5) is 0 Å². The zero-order valence-corrected chi connectivity index (χ0v) is 17.9. The van der Waals surface area contributed by atoms with Crippen LogP contribution in [0, 0.1) is 11.8 Å². The summed E-state index contributed by atoms with van der Waals surface area (Å²) in [6.45, 7) is 4.01. The van der Waals surface area contributed by atoms with Crippen LogP contribution in [-0.4, -0.2) is 39.4 Å². The summed E-state index contributed by atoms with van der Waals surface area (Å²) in [5.41, 5.74) is 1.62. The summed E-state index contributed by atoms with van der Waals surface area (Å²) in [6.07, 6.45) is 2.55. The molecule has 2 aromatic rings. The number of aliphatic hydroxyl groups is 2. The summed E-state index contributed by atoms with van der Waals surface area (Å²) in [7, 11) is 0. The molecule has 0 aliphatic rings. The predicted octanol–water partition coefficient (Wildman–Crippen LogP) is 4.35. The minimum atomic E-state index is -0.433. The molecular formula is C25H34O5. The molecule has 4 N–H and O–H groups in total. The van der Waals surface area contributed by atoms with E-state index in [1.807, 2.05) is 13.8 Å². The fourth-order valence-corrected chi connectivity index (χ4v) is 3.90. The molecule has 164 valence electrons. The topological polar surface area (TPSA) is 98.0 Å². The van der Waals surface area contributed by atoms with Gasteiger partial charge >= 0.3 is 0 Å². The van der Waals surface area contributed by atoms with Crippen LogP contribution in [0.1, 0.15) is 62.5 Å². The van der Waals surface area contributed by atoms with Crippen molar-refractivity contribution in [2.45, 2.75) is 51.4 Å². The first kappa shape index (κ1) is 23.9. The number of carbonyl (C=O) groups is 1. The Hall–Kier alpha value is -2.37. The van der Waals surface area contributed by atoms with Crippen LogP contribution >= 0.6 is 0 Å². The van der Waals surface area contributed by atoms with Crippen molar-refractivity contribution in [1.82, 2.24) is 0 Å². The van der Waals surface area contributed by atoms with Gasteiger partial charge in [0.1, 0.15) is 17.3 Å². The zero-order chi connectivity index (χ0) is 22.1. The predicted molar refractivity (Wildman–Crippen MR) is 118 cm³/mol. The van der Waals surface area contributed by atoms with Gasteiger partial charge in [-0.25, -0.2) is 0 Å². The summed E-state index contributed by atoms with van der Waals surface area (Å²) >= 11 is 0. The summed E-state index contributed by atoms with van der Waals surface area (Å²) < 4.78 is 0. The van der Waals surface area contributed by atoms with Crippen LogP contribution in [0.15, 0.2) is 48.5 Å². The minimum Gasteiger partial charge on any atom is -0.508 e. The molecule has 4 unspecified atom stereocenters. The van der Waals surface area contributed by atoms with Crippen LogP contribution in [0.5, 0.6) is 11.5 Å². The lowest BCUT2D eigenvalue weighted by atomic mass is 9.75. The van der Waals surface area contributed by atoms with E-state index in [4.69, 9.17) is 0 Å². The number of carbonyl (C=O) groups excluding carboxylic acids is 1. The second-order valence-corrected chi connectivity index (χ2v) is 8.08. The number of aromatic hydroxyl groups is 2. The van der Waals surface area contributed by atoms with Crippen molar-refractivity contribution in [2.24, 2.45) is 11.8 Å². The molecule has 0 amide bonds. The maximum absolute atomic E-state index is 13.9. The lowest BCUT2D eigenvalue weighted by Gasteiger charge is -2.28. The van der Waals surface area contributed by atoms with E-state index in [0.29, 0.717) is 12.8 Å². The molecule has 30 heavy (non-hydrogen) atoms. The molecule has 0 heterocycles. The number of hydrogen-bond acceptors (Lipinski definition) is 5. The highest BCUT2D eigenvalue weighted by molar-refractivity contribution is 5.92. The first-order valence-electron chi connectivity index (χ1n) is 10.8. The van der Waals surface area contributed by atoms with Gasteiger partial charge in [0.15, 0.2) is 0 Å². The summed E-state index contributed by atoms with van der Waals surface area (Å²) in [5.74, 6) is -0.567. The van der Waals surface area contributed by atoms with E-state index < -0.39 is 11.8 Å². The lowest BCUT2D eigenvalue weighted by Crippen LogP contribution is -2.26. The van der Waals surface area contributed by atoms with Gasteiger partial charge in [0.2, 0.25) is 0 Å². The molecule has 0 fully saturated rings. The number of aliphatic hydroxyl groups excluding tert-OH is 2. The fourth-order valence-electron chi connectivity index (χ4n) is 3.90. The molecule has 4 atom stereocenters. The van der Waals surface area contributed by atoms with Crippen LogP contribution in [0.2, 0.25) is 0 Å². The van der Waals surface area contributed by atoms with E-state index in [1.165, 1.54) is 0 Å². The molecule has 5 nitrogen and oxygen atoms in total. The second-order valence-electron chi connectivity index (χ2n) is 8.08. The highest BCUT2D eigenvalue weighted by Gasteiger charge is 2.32. The third-order valence-corrected chi connectivity index (χ3v) is 6.09. The molecule has 0 aliphatic heterocycles. The molecule has 0 aliphatic carbocycles. The number of benzene rings is 2. The first-order valence-corrected chi connectivity index (χ1v) is 10.8. The SMILES string of the molecule is CCC(CO)CC(C(=O)C(CC(CC)CO)c1ccc(O)cc1)c1ccc(O)cc1. The van der Waals surface area contributed by atoms with E-state index in [2.05, 4.69) is 0 Å². The molecule has 0 radical (unpaired) electrons. The Bertz CT molecular complexity index is 696. The Morgan fingerprint density at radius 2 is 1.03 bits per heavy atom. The average molecular weight is 415 g/mol. The first-order chi connectivity index (χ1) is 14.4. The van der Waals surface area contributed by atoms with Gasteiger partial charge < -0.3 is 20.4 Å².